The quantitative estimate of drug-likeness (QED) is 0.835. The number of carbonyl (C=O) groups is 2. The van der Waals surface area contributed by atoms with E-state index in [2.05, 4.69) is 0 Å². The van der Waals surface area contributed by atoms with Gasteiger partial charge < -0.3 is 5.73 Å². The van der Waals surface area contributed by atoms with Gasteiger partial charge in [0.1, 0.15) is 0 Å². The van der Waals surface area contributed by atoms with E-state index in [1.54, 1.807) is 19.1 Å². The lowest BCUT2D eigenvalue weighted by Gasteiger charge is -2.29. The van der Waals surface area contributed by atoms with Crippen LogP contribution in [-0.2, 0) is 0 Å². The van der Waals surface area contributed by atoms with Crippen LogP contribution in [0.1, 0.15) is 44.7 Å². The summed E-state index contributed by atoms with van der Waals surface area (Å²) < 4.78 is 0. The van der Waals surface area contributed by atoms with E-state index >= 15 is 0 Å². The molecular formula is C13H15NO2S. The smallest absolute Gasteiger partial charge is 0.248 e. The monoisotopic (exact) mass is 249 g/mol. The van der Waals surface area contributed by atoms with Gasteiger partial charge in [-0.2, -0.15) is 11.8 Å². The summed E-state index contributed by atoms with van der Waals surface area (Å²) in [5, 5.41) is 0. The second-order valence-electron chi connectivity index (χ2n) is 4.35. The molecule has 1 aliphatic rings. The van der Waals surface area contributed by atoms with Gasteiger partial charge in [0, 0.05) is 28.6 Å². The molecule has 0 atom stereocenters. The zero-order valence-electron chi connectivity index (χ0n) is 9.95. The van der Waals surface area contributed by atoms with Gasteiger partial charge in [0.25, 0.3) is 0 Å². The molecule has 2 rings (SSSR count). The summed E-state index contributed by atoms with van der Waals surface area (Å²) in [6.07, 6.45) is 0. The molecule has 17 heavy (non-hydrogen) atoms. The van der Waals surface area contributed by atoms with Crippen molar-refractivity contribution in [2.24, 2.45) is 5.73 Å². The summed E-state index contributed by atoms with van der Waals surface area (Å²) in [5.74, 6) is 2.05. The highest BCUT2D eigenvalue weighted by atomic mass is 32.2. The van der Waals surface area contributed by atoms with Gasteiger partial charge in [0.05, 0.1) is 0 Å². The molecule has 1 aromatic carbocycles. The van der Waals surface area contributed by atoms with E-state index in [9.17, 15) is 9.59 Å². The molecule has 1 amide bonds. The number of primary amides is 1. The van der Waals surface area contributed by atoms with Gasteiger partial charge in [-0.05, 0) is 31.0 Å². The van der Waals surface area contributed by atoms with Crippen LogP contribution in [0.25, 0.3) is 0 Å². The first-order valence-electron chi connectivity index (χ1n) is 5.54. The fourth-order valence-electron chi connectivity index (χ4n) is 2.23. The lowest BCUT2D eigenvalue weighted by molar-refractivity contribution is 0.0992. The molecular weight excluding hydrogens is 234 g/mol. The van der Waals surface area contributed by atoms with Crippen LogP contribution in [0, 0.1) is 6.92 Å². The van der Waals surface area contributed by atoms with Gasteiger partial charge in [-0.1, -0.05) is 6.07 Å². The molecule has 0 bridgehead atoms. The van der Waals surface area contributed by atoms with Crippen molar-refractivity contribution in [2.75, 3.05) is 11.5 Å². The summed E-state index contributed by atoms with van der Waals surface area (Å²) in [5.41, 5.74) is 8.50. The molecule has 4 heteroatoms. The number of thioether (sulfide) groups is 1. The Balaban J connectivity index is 2.59. The van der Waals surface area contributed by atoms with Crippen molar-refractivity contribution in [3.8, 4) is 0 Å². The zero-order valence-corrected chi connectivity index (χ0v) is 10.8. The van der Waals surface area contributed by atoms with Crippen LogP contribution in [0.5, 0.6) is 0 Å². The molecule has 1 fully saturated rings. The van der Waals surface area contributed by atoms with Gasteiger partial charge in [-0.15, -0.1) is 0 Å². The van der Waals surface area contributed by atoms with E-state index in [0.717, 1.165) is 28.2 Å². The normalized spacial score (nSPS) is 15.4. The number of benzene rings is 1. The fourth-order valence-corrected chi connectivity index (χ4v) is 3.04. The van der Waals surface area contributed by atoms with Crippen LogP contribution in [-0.4, -0.2) is 23.2 Å². The average molecular weight is 249 g/mol. The maximum absolute atomic E-state index is 11.6. The molecule has 0 aromatic heterocycles. The number of carbonyl (C=O) groups excluding carboxylic acids is 2. The molecule has 0 aliphatic carbocycles. The van der Waals surface area contributed by atoms with Gasteiger partial charge in [-0.25, -0.2) is 0 Å². The minimum atomic E-state index is -0.425. The fraction of sp³-hybridized carbons (Fsp3) is 0.385. The molecule has 1 saturated heterocycles. The van der Waals surface area contributed by atoms with Crippen LogP contribution >= 0.6 is 11.8 Å². The van der Waals surface area contributed by atoms with E-state index in [1.165, 1.54) is 0 Å². The van der Waals surface area contributed by atoms with E-state index < -0.39 is 5.91 Å². The Morgan fingerprint density at radius 3 is 2.29 bits per heavy atom. The van der Waals surface area contributed by atoms with Gasteiger partial charge in [0.2, 0.25) is 5.91 Å². The van der Waals surface area contributed by atoms with Crippen LogP contribution in [0.2, 0.25) is 0 Å². The zero-order chi connectivity index (χ0) is 12.6. The number of hydrogen-bond acceptors (Lipinski definition) is 3. The summed E-state index contributed by atoms with van der Waals surface area (Å²) in [6, 6.07) is 3.39. The number of Topliss-reactive ketones (excluding diaryl/α,β-unsaturated/α-hetero) is 1. The molecule has 0 radical (unpaired) electrons. The van der Waals surface area contributed by atoms with Crippen molar-refractivity contribution in [1.82, 2.24) is 0 Å². The summed E-state index contributed by atoms with van der Waals surface area (Å²) in [4.78, 5) is 22.9. The highest BCUT2D eigenvalue weighted by Crippen LogP contribution is 2.38. The molecule has 1 heterocycles. The molecule has 1 aromatic rings. The number of hydrogen-bond donors (Lipinski definition) is 1. The molecule has 0 unspecified atom stereocenters. The highest BCUT2D eigenvalue weighted by molar-refractivity contribution is 8.00. The number of nitrogens with two attached hydrogens (primary N) is 1. The number of amides is 1. The third kappa shape index (κ3) is 2.09. The minimum absolute atomic E-state index is 0.0519. The molecule has 0 saturated carbocycles. The molecule has 0 spiro atoms. The first-order chi connectivity index (χ1) is 8.02. The topological polar surface area (TPSA) is 60.2 Å². The maximum atomic E-state index is 11.6. The number of rotatable bonds is 3. The lowest BCUT2D eigenvalue weighted by atomic mass is 9.87. The summed E-state index contributed by atoms with van der Waals surface area (Å²) >= 11 is 1.86. The van der Waals surface area contributed by atoms with E-state index in [4.69, 9.17) is 5.73 Å². The van der Waals surface area contributed by atoms with E-state index in [0.29, 0.717) is 11.5 Å². The third-order valence-electron chi connectivity index (χ3n) is 3.21. The highest BCUT2D eigenvalue weighted by Gasteiger charge is 2.27. The SMILES string of the molecule is CC(=O)c1ccc(C(N)=O)c(C)c1C1CSC1. The molecule has 3 nitrogen and oxygen atoms in total. The van der Waals surface area contributed by atoms with Crippen molar-refractivity contribution in [1.29, 1.82) is 0 Å². The molecule has 2 N–H and O–H groups in total. The van der Waals surface area contributed by atoms with Gasteiger partial charge in [-0.3, -0.25) is 9.59 Å². The predicted molar refractivity (Wildman–Crippen MR) is 69.8 cm³/mol. The van der Waals surface area contributed by atoms with Gasteiger partial charge >= 0.3 is 0 Å². The van der Waals surface area contributed by atoms with Crippen molar-refractivity contribution in [3.05, 3.63) is 34.4 Å². The Morgan fingerprint density at radius 2 is 1.88 bits per heavy atom. The Hall–Kier alpha value is -1.29. The second-order valence-corrected chi connectivity index (χ2v) is 5.43. The predicted octanol–water partition coefficient (Wildman–Crippen LogP) is 2.13. The molecule has 90 valence electrons. The second kappa shape index (κ2) is 4.53. The first kappa shape index (κ1) is 12.2. The number of ketones is 1. The Bertz CT molecular complexity index is 492. The lowest BCUT2D eigenvalue weighted by Crippen LogP contribution is -2.22. The van der Waals surface area contributed by atoms with E-state index in [1.807, 2.05) is 18.7 Å². The van der Waals surface area contributed by atoms with Crippen molar-refractivity contribution in [3.63, 3.8) is 0 Å². The minimum Gasteiger partial charge on any atom is -0.366 e. The van der Waals surface area contributed by atoms with Crippen LogP contribution in [0.3, 0.4) is 0 Å². The summed E-state index contributed by atoms with van der Waals surface area (Å²) in [6.45, 7) is 3.44. The van der Waals surface area contributed by atoms with Crippen molar-refractivity contribution < 1.29 is 9.59 Å². The van der Waals surface area contributed by atoms with Crippen molar-refractivity contribution in [2.45, 2.75) is 19.8 Å². The van der Waals surface area contributed by atoms with Crippen LogP contribution < -0.4 is 5.73 Å². The van der Waals surface area contributed by atoms with Crippen LogP contribution in [0.15, 0.2) is 12.1 Å². The summed E-state index contributed by atoms with van der Waals surface area (Å²) in [7, 11) is 0. The first-order valence-corrected chi connectivity index (χ1v) is 6.69. The average Bonchev–Trinajstić information content (AvgIpc) is 2.17. The maximum Gasteiger partial charge on any atom is 0.248 e. The molecule has 1 aliphatic heterocycles. The Kier molecular flexibility index (Phi) is 3.24. The van der Waals surface area contributed by atoms with Gasteiger partial charge in [0.15, 0.2) is 5.78 Å². The standard InChI is InChI=1S/C13H15NO2S/c1-7-10(13(14)16)3-4-11(8(2)15)12(7)9-5-17-6-9/h3-4,9H,5-6H2,1-2H3,(H2,14,16). The van der Waals surface area contributed by atoms with Crippen molar-refractivity contribution >= 4 is 23.5 Å². The largest absolute Gasteiger partial charge is 0.366 e. The Labute approximate surface area is 105 Å². The Morgan fingerprint density at radius 1 is 1.29 bits per heavy atom. The van der Waals surface area contributed by atoms with Crippen LogP contribution in [0.4, 0.5) is 0 Å². The van der Waals surface area contributed by atoms with E-state index in [-0.39, 0.29) is 5.78 Å². The third-order valence-corrected chi connectivity index (χ3v) is 4.48.